The smallest absolute Gasteiger partial charge is 0.254 e. The number of carbonyl (C=O) groups excluding carboxylic acids is 6. The second-order valence-corrected chi connectivity index (χ2v) is 14.5. The van der Waals surface area contributed by atoms with Gasteiger partial charge in [-0.1, -0.05) is 58.0 Å². The summed E-state index contributed by atoms with van der Waals surface area (Å²) in [5.41, 5.74) is 3.29. The van der Waals surface area contributed by atoms with Gasteiger partial charge in [0, 0.05) is 11.7 Å². The summed E-state index contributed by atoms with van der Waals surface area (Å²) in [7, 11) is 1.36. The molecule has 1 aromatic rings. The van der Waals surface area contributed by atoms with E-state index >= 15 is 0 Å². The van der Waals surface area contributed by atoms with Crippen LogP contribution in [-0.4, -0.2) is 99.5 Å². The van der Waals surface area contributed by atoms with E-state index in [2.05, 4.69) is 26.7 Å². The second kappa shape index (κ2) is 17.6. The lowest BCUT2D eigenvalue weighted by molar-refractivity contribution is -0.149. The third kappa shape index (κ3) is 11.0. The Balaban J connectivity index is 2.36. The summed E-state index contributed by atoms with van der Waals surface area (Å²) in [4.78, 5) is 84.4. The van der Waals surface area contributed by atoms with Crippen LogP contribution in [0.1, 0.15) is 61.0 Å². The number of hydrogen-bond donors (Lipinski definition) is 6. The number of hydroxylamine groups is 1. The first-order valence-corrected chi connectivity index (χ1v) is 16.6. The fourth-order valence-corrected chi connectivity index (χ4v) is 6.35. The fraction of sp³-hybridized carbons (Fsp3) is 0.625. The molecule has 0 unspecified atom stereocenters. The van der Waals surface area contributed by atoms with Crippen molar-refractivity contribution >= 4 is 47.2 Å². The first kappa shape index (κ1) is 39.6. The number of rotatable bonds is 15. The van der Waals surface area contributed by atoms with E-state index in [0.717, 1.165) is 5.56 Å². The Morgan fingerprint density at radius 1 is 0.915 bits per heavy atom. The summed E-state index contributed by atoms with van der Waals surface area (Å²) in [6.45, 7) is 13.3. The topological polar surface area (TPSA) is 195 Å². The molecule has 1 heterocycles. The van der Waals surface area contributed by atoms with Crippen LogP contribution in [0.15, 0.2) is 30.3 Å². The molecule has 1 aliphatic heterocycles. The fourth-order valence-electron chi connectivity index (χ4n) is 5.21. The van der Waals surface area contributed by atoms with Gasteiger partial charge in [-0.3, -0.25) is 34.1 Å². The summed E-state index contributed by atoms with van der Waals surface area (Å²) in [6.07, 6.45) is -1.74. The Morgan fingerprint density at radius 2 is 1.51 bits per heavy atom. The second-order valence-electron chi connectivity index (χ2n) is 12.9. The number of thioether (sulfide) groups is 1. The maximum Gasteiger partial charge on any atom is 0.254 e. The molecule has 1 saturated heterocycles. The van der Waals surface area contributed by atoms with Gasteiger partial charge in [-0.25, -0.2) is 0 Å². The highest BCUT2D eigenvalue weighted by molar-refractivity contribution is 8.00. The van der Waals surface area contributed by atoms with Crippen molar-refractivity contribution in [2.24, 2.45) is 11.8 Å². The molecule has 1 aromatic carbocycles. The number of hydrogen-bond acceptors (Lipinski definition) is 10. The maximum absolute atomic E-state index is 14.0. The van der Waals surface area contributed by atoms with Crippen LogP contribution in [0.3, 0.4) is 0 Å². The van der Waals surface area contributed by atoms with Crippen LogP contribution < -0.4 is 26.7 Å². The number of carbonyl (C=O) groups is 6. The summed E-state index contributed by atoms with van der Waals surface area (Å²) in [5, 5.41) is 21.8. The maximum atomic E-state index is 14.0. The molecule has 0 saturated carbocycles. The van der Waals surface area contributed by atoms with Crippen LogP contribution in [0, 0.1) is 11.8 Å². The molecule has 6 N–H and O–H groups in total. The Labute approximate surface area is 280 Å². The Hall–Kier alpha value is -3.53. The summed E-state index contributed by atoms with van der Waals surface area (Å²) < 4.78 is -0.822. The van der Waals surface area contributed by atoms with Gasteiger partial charge >= 0.3 is 0 Å². The van der Waals surface area contributed by atoms with Gasteiger partial charge < -0.3 is 30.8 Å². The van der Waals surface area contributed by atoms with Crippen molar-refractivity contribution in [2.75, 3.05) is 13.0 Å². The van der Waals surface area contributed by atoms with Gasteiger partial charge in [-0.2, -0.15) is 5.48 Å². The number of nitrogens with one attached hydrogen (secondary N) is 5. The van der Waals surface area contributed by atoms with Crippen LogP contribution in [-0.2, 0) is 40.0 Å². The Bertz CT molecular complexity index is 1280. The minimum atomic E-state index is -1.79. The van der Waals surface area contributed by atoms with Crippen molar-refractivity contribution in [3.8, 4) is 0 Å². The summed E-state index contributed by atoms with van der Waals surface area (Å²) >= 11 is 1.31. The standard InChI is InChI=1S/C32H50N6O8S/c1-17(2)23(35-27(41)19(5)33-20(6)39)28(42)34-22(15-21-13-11-10-12-14-21)25(40)31(45)38-16-47-32(7,8)26(38)30(44)36-29(43)24(18(3)4)37-46-9/h10-14,17-19,22-26,37,40H,15-16H2,1-9H3,(H,33,39)(H,34,42)(H,35,41)(H,36,43,44)/t19-,22-,23-,24-,25-,26+/m0/s1. The average molecular weight is 679 g/mol. The molecule has 6 amide bonds. The molecule has 14 nitrogen and oxygen atoms in total. The zero-order valence-electron chi connectivity index (χ0n) is 28.6. The largest absolute Gasteiger partial charge is 0.381 e. The monoisotopic (exact) mass is 678 g/mol. The molecule has 15 heteroatoms. The van der Waals surface area contributed by atoms with Gasteiger partial charge in [0.1, 0.15) is 24.2 Å². The van der Waals surface area contributed by atoms with Crippen LogP contribution in [0.4, 0.5) is 0 Å². The van der Waals surface area contributed by atoms with E-state index < -0.39 is 82.4 Å². The van der Waals surface area contributed by atoms with Crippen LogP contribution in [0.2, 0.25) is 0 Å². The number of imide groups is 1. The molecule has 47 heavy (non-hydrogen) atoms. The van der Waals surface area contributed by atoms with Crippen LogP contribution in [0.5, 0.6) is 0 Å². The molecule has 2 rings (SSSR count). The highest BCUT2D eigenvalue weighted by atomic mass is 32.2. The number of amides is 6. The number of benzene rings is 1. The molecule has 6 atom stereocenters. The minimum absolute atomic E-state index is 0.0524. The van der Waals surface area contributed by atoms with Gasteiger partial charge in [0.05, 0.1) is 19.0 Å². The highest BCUT2D eigenvalue weighted by Crippen LogP contribution is 2.40. The molecule has 0 radical (unpaired) electrons. The van der Waals surface area contributed by atoms with Crippen molar-refractivity contribution in [3.63, 3.8) is 0 Å². The van der Waals surface area contributed by atoms with Crippen molar-refractivity contribution in [1.82, 2.24) is 31.6 Å². The predicted molar refractivity (Wildman–Crippen MR) is 177 cm³/mol. The third-order valence-electron chi connectivity index (χ3n) is 7.84. The lowest BCUT2D eigenvalue weighted by atomic mass is 9.96. The number of aliphatic hydroxyl groups is 1. The van der Waals surface area contributed by atoms with Crippen LogP contribution in [0.25, 0.3) is 0 Å². The molecular formula is C32H50N6O8S. The van der Waals surface area contributed by atoms with E-state index in [1.54, 1.807) is 71.9 Å². The molecule has 0 aromatic heterocycles. The third-order valence-corrected chi connectivity index (χ3v) is 9.21. The summed E-state index contributed by atoms with van der Waals surface area (Å²) in [5.74, 6) is -4.34. The van der Waals surface area contributed by atoms with E-state index in [0.29, 0.717) is 0 Å². The summed E-state index contributed by atoms with van der Waals surface area (Å²) in [6, 6.07) is 3.85. The van der Waals surface area contributed by atoms with Crippen molar-refractivity contribution < 1.29 is 38.7 Å². The van der Waals surface area contributed by atoms with Gasteiger partial charge in [-0.05, 0) is 44.6 Å². The van der Waals surface area contributed by atoms with Gasteiger partial charge in [-0.15, -0.1) is 11.8 Å². The van der Waals surface area contributed by atoms with Crippen molar-refractivity contribution in [1.29, 1.82) is 0 Å². The Morgan fingerprint density at radius 3 is 2.04 bits per heavy atom. The van der Waals surface area contributed by atoms with E-state index in [1.165, 1.54) is 37.6 Å². The van der Waals surface area contributed by atoms with Crippen molar-refractivity contribution in [2.45, 2.75) is 103 Å². The molecule has 0 spiro atoms. The SMILES string of the molecule is CON[C@H](C(=O)NC(=O)[C@H]1N(C(=O)[C@@H](O)[C@H](Cc2ccccc2)NC(=O)[C@@H](NC(=O)[C@H](C)NC(C)=O)C(C)C)CSC1(C)C)C(C)C. The van der Waals surface area contributed by atoms with Gasteiger partial charge in [0.2, 0.25) is 23.6 Å². The zero-order valence-corrected chi connectivity index (χ0v) is 29.4. The van der Waals surface area contributed by atoms with E-state index in [4.69, 9.17) is 4.84 Å². The first-order chi connectivity index (χ1) is 21.9. The number of aliphatic hydroxyl groups excluding tert-OH is 1. The highest BCUT2D eigenvalue weighted by Gasteiger charge is 2.50. The van der Waals surface area contributed by atoms with E-state index in [1.807, 2.05) is 0 Å². The lowest BCUT2D eigenvalue weighted by Crippen LogP contribution is -2.62. The van der Waals surface area contributed by atoms with Gasteiger partial charge in [0.15, 0.2) is 6.10 Å². The molecule has 262 valence electrons. The first-order valence-electron chi connectivity index (χ1n) is 15.6. The normalized spacial score (nSPS) is 18.9. The molecule has 1 fully saturated rings. The zero-order chi connectivity index (χ0) is 35.6. The minimum Gasteiger partial charge on any atom is -0.381 e. The quantitative estimate of drug-likeness (QED) is 0.140. The number of nitrogens with zero attached hydrogens (tertiary/aromatic N) is 1. The van der Waals surface area contributed by atoms with E-state index in [9.17, 15) is 33.9 Å². The lowest BCUT2D eigenvalue weighted by Gasteiger charge is -2.34. The average Bonchev–Trinajstić information content (AvgIpc) is 3.31. The Kier molecular flexibility index (Phi) is 14.8. The van der Waals surface area contributed by atoms with Crippen molar-refractivity contribution in [3.05, 3.63) is 35.9 Å². The van der Waals surface area contributed by atoms with Gasteiger partial charge in [0.25, 0.3) is 11.8 Å². The molecule has 0 bridgehead atoms. The molecular weight excluding hydrogens is 628 g/mol. The molecule has 0 aliphatic carbocycles. The molecule has 1 aliphatic rings. The van der Waals surface area contributed by atoms with E-state index in [-0.39, 0.29) is 18.2 Å². The van der Waals surface area contributed by atoms with Crippen LogP contribution >= 0.6 is 11.8 Å². The predicted octanol–water partition coefficient (Wildman–Crippen LogP) is 0.239.